The van der Waals surface area contributed by atoms with Gasteiger partial charge in [0, 0.05) is 12.0 Å². The lowest BCUT2D eigenvalue weighted by atomic mass is 9.89. The molecule has 2 aromatic rings. The summed E-state index contributed by atoms with van der Waals surface area (Å²) in [4.78, 5) is 12.8. The number of anilines is 1. The molecule has 0 aliphatic carbocycles. The Bertz CT molecular complexity index is 1130. The van der Waals surface area contributed by atoms with Crippen LogP contribution in [-0.4, -0.2) is 32.7 Å². The summed E-state index contributed by atoms with van der Waals surface area (Å²) in [6.07, 6.45) is -3.36. The topological polar surface area (TPSA) is 75.7 Å². The smallest absolute Gasteiger partial charge is 0.416 e. The zero-order valence-electron chi connectivity index (χ0n) is 18.2. The Morgan fingerprint density at radius 1 is 1.22 bits per heavy atom. The number of carbonyl (C=O) groups excluding carboxylic acids is 1. The Balaban J connectivity index is 1.86. The van der Waals surface area contributed by atoms with Gasteiger partial charge in [-0.2, -0.15) is 13.2 Å². The van der Waals surface area contributed by atoms with Crippen LogP contribution in [0.3, 0.4) is 0 Å². The second-order valence-electron chi connectivity index (χ2n) is 8.54. The SMILES string of the molecule is Cc1ccc2c(c1)OC(C)(C)CC2NC(=O)CN(c1cccc(C(F)(F)F)c1)S(C)(=O)=O. The first-order valence-corrected chi connectivity index (χ1v) is 11.7. The third-order valence-electron chi connectivity index (χ3n) is 5.11. The van der Waals surface area contributed by atoms with E-state index in [0.717, 1.165) is 29.5 Å². The van der Waals surface area contributed by atoms with Crippen LogP contribution in [-0.2, 0) is 21.0 Å². The van der Waals surface area contributed by atoms with Gasteiger partial charge < -0.3 is 10.1 Å². The lowest BCUT2D eigenvalue weighted by molar-refractivity contribution is -0.137. The van der Waals surface area contributed by atoms with E-state index in [9.17, 15) is 26.4 Å². The van der Waals surface area contributed by atoms with Crippen molar-refractivity contribution in [3.63, 3.8) is 0 Å². The maximum absolute atomic E-state index is 13.1. The molecular formula is C22H25F3N2O4S. The maximum Gasteiger partial charge on any atom is 0.416 e. The normalized spacial score (nSPS) is 17.8. The van der Waals surface area contributed by atoms with Crippen molar-refractivity contribution in [2.45, 2.75) is 45.0 Å². The van der Waals surface area contributed by atoms with Crippen molar-refractivity contribution in [3.8, 4) is 5.75 Å². The van der Waals surface area contributed by atoms with Crippen LogP contribution in [0.4, 0.5) is 18.9 Å². The van der Waals surface area contributed by atoms with E-state index >= 15 is 0 Å². The van der Waals surface area contributed by atoms with Gasteiger partial charge in [-0.1, -0.05) is 18.2 Å². The fourth-order valence-electron chi connectivity index (χ4n) is 3.70. The van der Waals surface area contributed by atoms with E-state index in [-0.39, 0.29) is 5.69 Å². The summed E-state index contributed by atoms with van der Waals surface area (Å²) in [5.41, 5.74) is -0.0658. The number of nitrogens with one attached hydrogen (secondary N) is 1. The fourth-order valence-corrected chi connectivity index (χ4v) is 4.54. The quantitative estimate of drug-likeness (QED) is 0.711. The molecule has 174 valence electrons. The van der Waals surface area contributed by atoms with Gasteiger partial charge in [-0.15, -0.1) is 0 Å². The average molecular weight is 471 g/mol. The Kier molecular flexibility index (Phi) is 6.21. The maximum atomic E-state index is 13.1. The molecular weight excluding hydrogens is 445 g/mol. The highest BCUT2D eigenvalue weighted by atomic mass is 32.2. The largest absolute Gasteiger partial charge is 0.487 e. The molecule has 0 saturated carbocycles. The highest BCUT2D eigenvalue weighted by Crippen LogP contribution is 2.40. The molecule has 6 nitrogen and oxygen atoms in total. The molecule has 0 saturated heterocycles. The first-order valence-electron chi connectivity index (χ1n) is 9.90. The number of fused-ring (bicyclic) bond motifs is 1. The van der Waals surface area contributed by atoms with Gasteiger partial charge in [-0.25, -0.2) is 8.42 Å². The molecule has 0 spiro atoms. The fraction of sp³-hybridized carbons (Fsp3) is 0.409. The number of hydrogen-bond donors (Lipinski definition) is 1. The first-order chi connectivity index (χ1) is 14.7. The summed E-state index contributed by atoms with van der Waals surface area (Å²) in [5.74, 6) is -0.00791. The van der Waals surface area contributed by atoms with Gasteiger partial charge in [0.15, 0.2) is 0 Å². The third-order valence-corrected chi connectivity index (χ3v) is 6.25. The predicted molar refractivity (Wildman–Crippen MR) is 115 cm³/mol. The second-order valence-corrected chi connectivity index (χ2v) is 10.5. The van der Waals surface area contributed by atoms with Crippen molar-refractivity contribution in [1.29, 1.82) is 0 Å². The van der Waals surface area contributed by atoms with Gasteiger partial charge >= 0.3 is 6.18 Å². The van der Waals surface area contributed by atoms with Gasteiger partial charge in [0.25, 0.3) is 0 Å². The minimum atomic E-state index is -4.64. The summed E-state index contributed by atoms with van der Waals surface area (Å²) in [5, 5.41) is 2.82. The lowest BCUT2D eigenvalue weighted by Crippen LogP contribution is -2.45. The monoisotopic (exact) mass is 470 g/mol. The van der Waals surface area contributed by atoms with Crippen LogP contribution in [0, 0.1) is 6.92 Å². The summed E-state index contributed by atoms with van der Waals surface area (Å²) >= 11 is 0. The summed E-state index contributed by atoms with van der Waals surface area (Å²) in [6.45, 7) is 5.02. The van der Waals surface area contributed by atoms with E-state index in [4.69, 9.17) is 4.74 Å². The van der Waals surface area contributed by atoms with Gasteiger partial charge in [0.05, 0.1) is 23.5 Å². The van der Waals surface area contributed by atoms with E-state index in [0.29, 0.717) is 22.5 Å². The van der Waals surface area contributed by atoms with Gasteiger partial charge in [0.2, 0.25) is 15.9 Å². The molecule has 10 heteroatoms. The molecule has 0 bridgehead atoms. The predicted octanol–water partition coefficient (Wildman–Crippen LogP) is 4.20. The lowest BCUT2D eigenvalue weighted by Gasteiger charge is -2.38. The molecule has 32 heavy (non-hydrogen) atoms. The number of ether oxygens (including phenoxy) is 1. The number of halogens is 3. The van der Waals surface area contributed by atoms with Crippen molar-refractivity contribution in [1.82, 2.24) is 5.32 Å². The van der Waals surface area contributed by atoms with E-state index in [2.05, 4.69) is 5.32 Å². The molecule has 1 amide bonds. The van der Waals surface area contributed by atoms with Crippen LogP contribution in [0.1, 0.15) is 43.0 Å². The summed E-state index contributed by atoms with van der Waals surface area (Å²) < 4.78 is 70.5. The second kappa shape index (κ2) is 8.31. The Morgan fingerprint density at radius 3 is 2.53 bits per heavy atom. The molecule has 1 N–H and O–H groups in total. The molecule has 0 fully saturated rings. The highest BCUT2D eigenvalue weighted by molar-refractivity contribution is 7.92. The summed E-state index contributed by atoms with van der Waals surface area (Å²) in [7, 11) is -4.02. The number of rotatable bonds is 5. The van der Waals surface area contributed by atoms with Gasteiger partial charge in [-0.05, 0) is 50.6 Å². The van der Waals surface area contributed by atoms with E-state index in [1.165, 1.54) is 6.07 Å². The number of carbonyl (C=O) groups is 1. The van der Waals surface area contributed by atoms with Crippen molar-refractivity contribution in [2.75, 3.05) is 17.1 Å². The first kappa shape index (κ1) is 23.9. The summed E-state index contributed by atoms with van der Waals surface area (Å²) in [6, 6.07) is 9.02. The minimum absolute atomic E-state index is 0.235. The number of aryl methyl sites for hydroxylation is 1. The zero-order valence-corrected chi connectivity index (χ0v) is 19.0. The van der Waals surface area contributed by atoms with Crippen molar-refractivity contribution in [2.24, 2.45) is 0 Å². The van der Waals surface area contributed by atoms with E-state index in [1.54, 1.807) is 0 Å². The van der Waals surface area contributed by atoms with Crippen LogP contribution in [0.2, 0.25) is 0 Å². The standard InChI is InChI=1S/C22H25F3N2O4S/c1-14-8-9-17-18(12-21(2,3)31-19(17)10-14)26-20(28)13-27(32(4,29)30)16-7-5-6-15(11-16)22(23,24)25/h5-11,18H,12-13H2,1-4H3,(H,26,28). The molecule has 1 atom stereocenters. The Morgan fingerprint density at radius 2 is 1.91 bits per heavy atom. The van der Waals surface area contributed by atoms with Crippen LogP contribution < -0.4 is 14.4 Å². The molecule has 1 heterocycles. The molecule has 1 aliphatic heterocycles. The zero-order chi connectivity index (χ0) is 23.9. The molecule has 1 unspecified atom stereocenters. The van der Waals surface area contributed by atoms with Crippen molar-refractivity contribution in [3.05, 3.63) is 59.2 Å². The highest BCUT2D eigenvalue weighted by Gasteiger charge is 2.36. The number of sulfonamides is 1. The van der Waals surface area contributed by atoms with E-state index in [1.807, 2.05) is 39.0 Å². The number of amides is 1. The van der Waals surface area contributed by atoms with Crippen LogP contribution in [0.5, 0.6) is 5.75 Å². The Hall–Kier alpha value is -2.75. The van der Waals surface area contributed by atoms with Crippen LogP contribution >= 0.6 is 0 Å². The Labute approximate surface area is 185 Å². The number of hydrogen-bond acceptors (Lipinski definition) is 4. The minimum Gasteiger partial charge on any atom is -0.487 e. The van der Waals surface area contributed by atoms with E-state index < -0.39 is 45.9 Å². The molecule has 0 aromatic heterocycles. The molecule has 0 radical (unpaired) electrons. The number of alkyl halides is 3. The van der Waals surface area contributed by atoms with Crippen molar-refractivity contribution >= 4 is 21.6 Å². The molecule has 3 rings (SSSR count). The third kappa shape index (κ3) is 5.53. The van der Waals surface area contributed by atoms with Crippen LogP contribution in [0.15, 0.2) is 42.5 Å². The molecule has 2 aromatic carbocycles. The van der Waals surface area contributed by atoms with Gasteiger partial charge in [0.1, 0.15) is 17.9 Å². The number of nitrogens with zero attached hydrogens (tertiary/aromatic N) is 1. The number of benzene rings is 2. The molecule has 1 aliphatic rings. The van der Waals surface area contributed by atoms with Crippen LogP contribution in [0.25, 0.3) is 0 Å². The van der Waals surface area contributed by atoms with Crippen molar-refractivity contribution < 1.29 is 31.1 Å². The van der Waals surface area contributed by atoms with Gasteiger partial charge in [-0.3, -0.25) is 9.10 Å². The average Bonchev–Trinajstić information content (AvgIpc) is 2.63.